The Morgan fingerprint density at radius 3 is 2.59 bits per heavy atom. The second kappa shape index (κ2) is 7.26. The molecular weight excluding hydrogens is 206 g/mol. The van der Waals surface area contributed by atoms with Gasteiger partial charge in [0, 0.05) is 0 Å². The molecule has 1 rings (SSSR count). The summed E-state index contributed by atoms with van der Waals surface area (Å²) < 4.78 is 0. The molecule has 0 spiro atoms. The smallest absolute Gasteiger partial charge is 0.0644 e. The molecule has 94 valence electrons. The van der Waals surface area contributed by atoms with Crippen molar-refractivity contribution in [1.29, 1.82) is 0 Å². The van der Waals surface area contributed by atoms with Crippen LogP contribution in [-0.4, -0.2) is 11.8 Å². The number of hydrogen-bond acceptors (Lipinski definition) is 1. The third-order valence-corrected chi connectivity index (χ3v) is 3.17. The number of allylic oxidation sites excluding steroid dienone is 5. The van der Waals surface area contributed by atoms with Crippen LogP contribution in [0.1, 0.15) is 52.9 Å². The van der Waals surface area contributed by atoms with Crippen LogP contribution in [-0.2, 0) is 0 Å². The van der Waals surface area contributed by atoms with Gasteiger partial charge in [-0.3, -0.25) is 4.99 Å². The highest BCUT2D eigenvalue weighted by atomic mass is 14.8. The Balaban J connectivity index is 2.60. The molecule has 0 N–H and O–H groups in total. The van der Waals surface area contributed by atoms with E-state index in [0.29, 0.717) is 6.04 Å². The highest BCUT2D eigenvalue weighted by Gasteiger charge is 2.08. The minimum absolute atomic E-state index is 0.463. The van der Waals surface area contributed by atoms with Gasteiger partial charge in [0.25, 0.3) is 0 Å². The van der Waals surface area contributed by atoms with Crippen molar-refractivity contribution in [2.45, 2.75) is 58.9 Å². The lowest BCUT2D eigenvalue weighted by molar-refractivity contribution is 0.550. The summed E-state index contributed by atoms with van der Waals surface area (Å²) in [6.07, 6.45) is 12.5. The number of aliphatic imine (C=N–C) groups is 1. The van der Waals surface area contributed by atoms with Crippen LogP contribution in [0, 0.1) is 0 Å². The topological polar surface area (TPSA) is 12.4 Å². The average Bonchev–Trinajstić information content (AvgIpc) is 2.31. The molecule has 17 heavy (non-hydrogen) atoms. The minimum atomic E-state index is 0.463. The van der Waals surface area contributed by atoms with Crippen LogP contribution < -0.4 is 0 Å². The molecule has 0 aliphatic heterocycles. The van der Waals surface area contributed by atoms with E-state index in [1.54, 1.807) is 0 Å². The summed E-state index contributed by atoms with van der Waals surface area (Å²) >= 11 is 0. The van der Waals surface area contributed by atoms with E-state index in [1.165, 1.54) is 31.3 Å². The minimum Gasteiger partial charge on any atom is -0.281 e. The maximum atomic E-state index is 4.83. The quantitative estimate of drug-likeness (QED) is 0.579. The predicted octanol–water partition coefficient (Wildman–Crippen LogP) is 4.86. The largest absolute Gasteiger partial charge is 0.281 e. The third-order valence-electron chi connectivity index (χ3n) is 3.17. The molecule has 0 aromatic carbocycles. The molecule has 1 atom stereocenters. The first-order chi connectivity index (χ1) is 8.17. The van der Waals surface area contributed by atoms with Gasteiger partial charge in [0.2, 0.25) is 0 Å². The molecule has 0 fully saturated rings. The van der Waals surface area contributed by atoms with E-state index in [9.17, 15) is 0 Å². The molecule has 0 amide bonds. The van der Waals surface area contributed by atoms with Crippen molar-refractivity contribution in [2.75, 3.05) is 0 Å². The van der Waals surface area contributed by atoms with Gasteiger partial charge in [0.05, 0.1) is 11.8 Å². The molecule has 1 nitrogen and oxygen atoms in total. The molecular formula is C16H25N. The summed E-state index contributed by atoms with van der Waals surface area (Å²) in [7, 11) is 0. The maximum Gasteiger partial charge on any atom is 0.0644 e. The van der Waals surface area contributed by atoms with Crippen molar-refractivity contribution < 1.29 is 0 Å². The lowest BCUT2D eigenvalue weighted by Gasteiger charge is -2.14. The van der Waals surface area contributed by atoms with Crippen molar-refractivity contribution in [1.82, 2.24) is 0 Å². The SMILES string of the molecule is C=C1C=C(C)C=C/C1=N/C(CC)CCCCC. The first kappa shape index (κ1) is 14.0. The Labute approximate surface area is 106 Å². The van der Waals surface area contributed by atoms with Gasteiger partial charge in [-0.25, -0.2) is 0 Å². The standard InChI is InChI=1S/C16H25N/c1-5-7-8-9-15(6-2)17-16-11-10-13(3)12-14(16)4/h10-12,15H,4-9H2,1-3H3/b17-16-. The molecule has 1 heteroatoms. The lowest BCUT2D eigenvalue weighted by atomic mass is 10.0. The summed E-state index contributed by atoms with van der Waals surface area (Å²) in [6, 6.07) is 0.463. The zero-order valence-electron chi connectivity index (χ0n) is 11.5. The highest BCUT2D eigenvalue weighted by Crippen LogP contribution is 2.16. The maximum absolute atomic E-state index is 4.83. The van der Waals surface area contributed by atoms with Crippen molar-refractivity contribution in [3.05, 3.63) is 36.0 Å². The van der Waals surface area contributed by atoms with Gasteiger partial charge in [-0.05, 0) is 31.4 Å². The Morgan fingerprint density at radius 1 is 1.24 bits per heavy atom. The van der Waals surface area contributed by atoms with E-state index in [4.69, 9.17) is 4.99 Å². The molecule has 0 radical (unpaired) electrons. The number of rotatable bonds is 6. The number of nitrogens with zero attached hydrogens (tertiary/aromatic N) is 1. The molecule has 1 aliphatic carbocycles. The second-order valence-electron chi connectivity index (χ2n) is 4.82. The fraction of sp³-hybridized carbons (Fsp3) is 0.562. The first-order valence-corrected chi connectivity index (χ1v) is 6.80. The summed E-state index contributed by atoms with van der Waals surface area (Å²) in [5.41, 5.74) is 3.38. The number of unbranched alkanes of at least 4 members (excludes halogenated alkanes) is 2. The fourth-order valence-electron chi connectivity index (χ4n) is 2.03. The van der Waals surface area contributed by atoms with E-state index >= 15 is 0 Å². The Bertz CT molecular complexity index is 345. The van der Waals surface area contributed by atoms with Crippen LogP contribution in [0.25, 0.3) is 0 Å². The molecule has 1 unspecified atom stereocenters. The monoisotopic (exact) mass is 231 g/mol. The molecule has 0 saturated carbocycles. The van der Waals surface area contributed by atoms with E-state index in [2.05, 4.69) is 45.6 Å². The van der Waals surface area contributed by atoms with Crippen LogP contribution in [0.3, 0.4) is 0 Å². The van der Waals surface area contributed by atoms with Gasteiger partial charge < -0.3 is 0 Å². The number of hydrogen-bond donors (Lipinski definition) is 0. The zero-order chi connectivity index (χ0) is 12.7. The third kappa shape index (κ3) is 4.72. The van der Waals surface area contributed by atoms with Crippen LogP contribution in [0.15, 0.2) is 40.9 Å². The molecule has 0 aromatic heterocycles. The van der Waals surface area contributed by atoms with Gasteiger partial charge in [0.1, 0.15) is 0 Å². The fourth-order valence-corrected chi connectivity index (χ4v) is 2.03. The van der Waals surface area contributed by atoms with Crippen LogP contribution in [0.4, 0.5) is 0 Å². The molecule has 0 bridgehead atoms. The van der Waals surface area contributed by atoms with Crippen molar-refractivity contribution in [2.24, 2.45) is 4.99 Å². The van der Waals surface area contributed by atoms with Crippen molar-refractivity contribution >= 4 is 5.71 Å². The van der Waals surface area contributed by atoms with Crippen LogP contribution in [0.2, 0.25) is 0 Å². The zero-order valence-corrected chi connectivity index (χ0v) is 11.5. The Kier molecular flexibility index (Phi) is 5.96. The van der Waals surface area contributed by atoms with Crippen LogP contribution in [0.5, 0.6) is 0 Å². The predicted molar refractivity (Wildman–Crippen MR) is 77.7 cm³/mol. The summed E-state index contributed by atoms with van der Waals surface area (Å²) in [4.78, 5) is 4.83. The molecule has 0 heterocycles. The van der Waals surface area contributed by atoms with Gasteiger partial charge in [0.15, 0.2) is 0 Å². The Hall–Kier alpha value is -1.11. The van der Waals surface area contributed by atoms with Gasteiger partial charge in [-0.15, -0.1) is 0 Å². The summed E-state index contributed by atoms with van der Waals surface area (Å²) in [6.45, 7) is 10.6. The first-order valence-electron chi connectivity index (χ1n) is 6.80. The van der Waals surface area contributed by atoms with E-state index in [0.717, 1.165) is 17.7 Å². The lowest BCUT2D eigenvalue weighted by Crippen LogP contribution is -2.09. The van der Waals surface area contributed by atoms with Gasteiger partial charge in [-0.1, -0.05) is 57.4 Å². The van der Waals surface area contributed by atoms with Crippen molar-refractivity contribution in [3.63, 3.8) is 0 Å². The van der Waals surface area contributed by atoms with Gasteiger partial charge >= 0.3 is 0 Å². The molecule has 0 saturated heterocycles. The molecule has 0 aromatic rings. The van der Waals surface area contributed by atoms with Crippen LogP contribution >= 0.6 is 0 Å². The molecule has 1 aliphatic rings. The van der Waals surface area contributed by atoms with E-state index in [1.807, 2.05) is 0 Å². The normalized spacial score (nSPS) is 19.6. The van der Waals surface area contributed by atoms with Crippen molar-refractivity contribution in [3.8, 4) is 0 Å². The summed E-state index contributed by atoms with van der Waals surface area (Å²) in [5.74, 6) is 0. The van der Waals surface area contributed by atoms with E-state index < -0.39 is 0 Å². The highest BCUT2D eigenvalue weighted by molar-refractivity contribution is 6.11. The second-order valence-corrected chi connectivity index (χ2v) is 4.82. The summed E-state index contributed by atoms with van der Waals surface area (Å²) in [5, 5.41) is 0. The average molecular weight is 231 g/mol. The Morgan fingerprint density at radius 2 is 2.00 bits per heavy atom. The van der Waals surface area contributed by atoms with E-state index in [-0.39, 0.29) is 0 Å². The van der Waals surface area contributed by atoms with Gasteiger partial charge in [-0.2, -0.15) is 0 Å².